The first-order valence-corrected chi connectivity index (χ1v) is 19.9. The van der Waals surface area contributed by atoms with Crippen molar-refractivity contribution in [1.82, 2.24) is 19.1 Å². The second kappa shape index (κ2) is 13.3. The van der Waals surface area contributed by atoms with Crippen molar-refractivity contribution >= 4 is 65.2 Å². The van der Waals surface area contributed by atoms with Crippen molar-refractivity contribution in [3.63, 3.8) is 0 Å². The van der Waals surface area contributed by atoms with Crippen LogP contribution in [-0.4, -0.2) is 19.1 Å². The third-order valence-corrected chi connectivity index (χ3v) is 11.8. The highest BCUT2D eigenvalue weighted by atomic mass is 19.1. The van der Waals surface area contributed by atoms with Gasteiger partial charge in [-0.1, -0.05) is 109 Å². The van der Waals surface area contributed by atoms with E-state index in [0.29, 0.717) is 5.95 Å². The largest absolute Gasteiger partial charge is 0.309 e. The first kappa shape index (κ1) is 34.1. The highest BCUT2D eigenvalue weighted by Crippen LogP contribution is 2.39. The number of nitrogens with zero attached hydrogens (tertiary/aromatic N) is 4. The van der Waals surface area contributed by atoms with Crippen LogP contribution in [0.3, 0.4) is 0 Å². The Hall–Kier alpha value is -7.96. The van der Waals surface area contributed by atoms with Crippen molar-refractivity contribution in [1.29, 1.82) is 0 Å². The lowest BCUT2D eigenvalue weighted by Crippen LogP contribution is -2.04. The Morgan fingerprint density at radius 2 is 0.800 bits per heavy atom. The topological polar surface area (TPSA) is 35.6 Å². The summed E-state index contributed by atoms with van der Waals surface area (Å²) in [5, 5.41) is 8.01. The highest BCUT2D eigenvalue weighted by molar-refractivity contribution is 6.12. The van der Waals surface area contributed by atoms with Gasteiger partial charge in [-0.3, -0.25) is 4.57 Å². The van der Waals surface area contributed by atoms with Crippen LogP contribution in [0.2, 0.25) is 0 Å². The third kappa shape index (κ3) is 5.49. The Labute approximate surface area is 342 Å². The number of hydrogen-bond acceptors (Lipinski definition) is 2. The Morgan fingerprint density at radius 3 is 1.47 bits per heavy atom. The minimum absolute atomic E-state index is 0.275. The zero-order valence-corrected chi connectivity index (χ0v) is 32.0. The van der Waals surface area contributed by atoms with Crippen LogP contribution in [0, 0.1) is 11.6 Å². The van der Waals surface area contributed by atoms with Gasteiger partial charge < -0.3 is 4.57 Å². The molecule has 3 aromatic heterocycles. The van der Waals surface area contributed by atoms with Gasteiger partial charge in [0.05, 0.1) is 33.5 Å². The van der Waals surface area contributed by atoms with Gasteiger partial charge >= 0.3 is 0 Å². The molecule has 0 bridgehead atoms. The first-order chi connectivity index (χ1) is 29.5. The maximum Gasteiger partial charge on any atom is 0.235 e. The molecule has 9 aromatic carbocycles. The lowest BCUT2D eigenvalue weighted by Gasteiger charge is -2.13. The molecule has 0 aliphatic rings. The SMILES string of the molecule is Fc1ccc2cc(-c3cc(-c4ccc5cc(F)ccc5c4)nc(-n4c5ccccc5c5ccc(-c6ccc7c(c6)c6ccccc6n7-c6ccccc6)cc54)n3)ccc2c1. The lowest BCUT2D eigenvalue weighted by molar-refractivity contribution is 0.629. The average Bonchev–Trinajstić information content (AvgIpc) is 3.81. The number of hydrogen-bond donors (Lipinski definition) is 0. The molecule has 0 aliphatic carbocycles. The molecule has 0 N–H and O–H groups in total. The zero-order chi connectivity index (χ0) is 39.9. The molecular formula is C54H32F2N4. The second-order valence-corrected chi connectivity index (χ2v) is 15.4. The van der Waals surface area contributed by atoms with Gasteiger partial charge in [-0.2, -0.15) is 0 Å². The van der Waals surface area contributed by atoms with E-state index in [1.165, 1.54) is 22.9 Å². The van der Waals surface area contributed by atoms with E-state index in [2.05, 4.69) is 112 Å². The normalized spacial score (nSPS) is 11.8. The van der Waals surface area contributed by atoms with Crippen LogP contribution in [0.5, 0.6) is 0 Å². The summed E-state index contributed by atoms with van der Waals surface area (Å²) >= 11 is 0. The predicted molar refractivity (Wildman–Crippen MR) is 242 cm³/mol. The quantitative estimate of drug-likeness (QED) is 0.175. The van der Waals surface area contributed by atoms with E-state index in [-0.39, 0.29) is 11.6 Å². The molecule has 0 radical (unpaired) electrons. The van der Waals surface area contributed by atoms with Gasteiger partial charge in [0.25, 0.3) is 0 Å². The van der Waals surface area contributed by atoms with Crippen LogP contribution in [-0.2, 0) is 0 Å². The molecule has 0 saturated heterocycles. The molecule has 4 nitrogen and oxygen atoms in total. The summed E-state index contributed by atoms with van der Waals surface area (Å²) in [6, 6.07) is 64.4. The number of aromatic nitrogens is 4. The highest BCUT2D eigenvalue weighted by Gasteiger charge is 2.19. The molecular weight excluding hydrogens is 743 g/mol. The molecule has 0 aliphatic heterocycles. The standard InChI is InChI=1S/C54H32F2N4/c55-41-22-18-33-26-39(16-14-35(33)28-41)48-32-49(40-17-15-36-29-42(56)23-19-34(36)27-40)58-54(57-48)60-51-13-7-4-10-44(51)46-24-20-38(31-53(46)60)37-21-25-52-47(30-37)45-11-5-6-12-50(45)59(52)43-8-2-1-3-9-43/h1-32H. The van der Waals surface area contributed by atoms with Gasteiger partial charge in [-0.05, 0) is 118 Å². The molecule has 12 rings (SSSR count). The van der Waals surface area contributed by atoms with E-state index in [1.54, 1.807) is 24.3 Å². The number of fused-ring (bicyclic) bond motifs is 8. The molecule has 0 spiro atoms. The Bertz CT molecular complexity index is 3590. The van der Waals surface area contributed by atoms with Crippen molar-refractivity contribution in [3.8, 4) is 45.3 Å². The van der Waals surface area contributed by atoms with Crippen LogP contribution in [0.25, 0.3) is 110 Å². The fraction of sp³-hybridized carbons (Fsp3) is 0. The zero-order valence-electron chi connectivity index (χ0n) is 32.0. The van der Waals surface area contributed by atoms with Gasteiger partial charge in [0.2, 0.25) is 5.95 Å². The van der Waals surface area contributed by atoms with Crippen LogP contribution in [0.1, 0.15) is 0 Å². The van der Waals surface area contributed by atoms with Crippen molar-refractivity contribution in [3.05, 3.63) is 206 Å². The maximum absolute atomic E-state index is 14.2. The number of para-hydroxylation sites is 3. The van der Waals surface area contributed by atoms with E-state index in [1.807, 2.05) is 54.6 Å². The van der Waals surface area contributed by atoms with E-state index < -0.39 is 0 Å². The number of benzene rings is 9. The molecule has 0 atom stereocenters. The van der Waals surface area contributed by atoms with Crippen LogP contribution >= 0.6 is 0 Å². The van der Waals surface area contributed by atoms with Crippen LogP contribution < -0.4 is 0 Å². The fourth-order valence-corrected chi connectivity index (χ4v) is 8.96. The van der Waals surface area contributed by atoms with Gasteiger partial charge in [-0.25, -0.2) is 18.7 Å². The molecule has 60 heavy (non-hydrogen) atoms. The molecule has 6 heteroatoms. The molecule has 12 aromatic rings. The minimum atomic E-state index is -0.275. The number of rotatable bonds is 5. The summed E-state index contributed by atoms with van der Waals surface area (Å²) < 4.78 is 32.9. The summed E-state index contributed by atoms with van der Waals surface area (Å²) in [5.74, 6) is -0.0316. The van der Waals surface area contributed by atoms with Crippen molar-refractivity contribution in [2.24, 2.45) is 0 Å². The Morgan fingerprint density at radius 1 is 0.317 bits per heavy atom. The second-order valence-electron chi connectivity index (χ2n) is 15.4. The summed E-state index contributed by atoms with van der Waals surface area (Å²) in [7, 11) is 0. The molecule has 3 heterocycles. The van der Waals surface area contributed by atoms with Gasteiger partial charge in [-0.15, -0.1) is 0 Å². The first-order valence-electron chi connectivity index (χ1n) is 19.9. The minimum Gasteiger partial charge on any atom is -0.309 e. The lowest BCUT2D eigenvalue weighted by atomic mass is 10.0. The average molecular weight is 775 g/mol. The van der Waals surface area contributed by atoms with Gasteiger partial charge in [0, 0.05) is 38.4 Å². The summed E-state index contributed by atoms with van der Waals surface area (Å²) in [6.07, 6.45) is 0. The smallest absolute Gasteiger partial charge is 0.235 e. The van der Waals surface area contributed by atoms with E-state index in [0.717, 1.165) is 93.7 Å². The van der Waals surface area contributed by atoms with E-state index in [9.17, 15) is 8.78 Å². The molecule has 0 amide bonds. The van der Waals surface area contributed by atoms with Crippen molar-refractivity contribution in [2.45, 2.75) is 0 Å². The number of halogens is 2. The summed E-state index contributed by atoms with van der Waals surface area (Å²) in [4.78, 5) is 10.6. The monoisotopic (exact) mass is 774 g/mol. The van der Waals surface area contributed by atoms with Gasteiger partial charge in [0.1, 0.15) is 11.6 Å². The third-order valence-electron chi connectivity index (χ3n) is 11.8. The maximum atomic E-state index is 14.2. The van der Waals surface area contributed by atoms with E-state index in [4.69, 9.17) is 9.97 Å². The summed E-state index contributed by atoms with van der Waals surface area (Å²) in [5.41, 5.74) is 10.8. The molecule has 0 unspecified atom stereocenters. The van der Waals surface area contributed by atoms with E-state index >= 15 is 0 Å². The van der Waals surface area contributed by atoms with Crippen LogP contribution in [0.15, 0.2) is 194 Å². The summed E-state index contributed by atoms with van der Waals surface area (Å²) in [6.45, 7) is 0. The van der Waals surface area contributed by atoms with Crippen molar-refractivity contribution < 1.29 is 8.78 Å². The van der Waals surface area contributed by atoms with Crippen molar-refractivity contribution in [2.75, 3.05) is 0 Å². The Kier molecular flexibility index (Phi) is 7.56. The molecule has 0 fully saturated rings. The predicted octanol–water partition coefficient (Wildman–Crippen LogP) is 14.3. The molecule has 282 valence electrons. The van der Waals surface area contributed by atoms with Gasteiger partial charge in [0.15, 0.2) is 0 Å². The van der Waals surface area contributed by atoms with Crippen LogP contribution in [0.4, 0.5) is 8.78 Å². The molecule has 0 saturated carbocycles. The Balaban J connectivity index is 1.08. The fourth-order valence-electron chi connectivity index (χ4n) is 8.96.